The average Bonchev–Trinajstić information content (AvgIpc) is 3.25. The first-order valence-electron chi connectivity index (χ1n) is 12.1. The van der Waals surface area contributed by atoms with Gasteiger partial charge in [0.25, 0.3) is 0 Å². The summed E-state index contributed by atoms with van der Waals surface area (Å²) in [6.45, 7) is 6.44. The van der Waals surface area contributed by atoms with E-state index in [9.17, 15) is 9.59 Å². The number of amidine groups is 1. The highest BCUT2D eigenvalue weighted by molar-refractivity contribution is 6.02. The van der Waals surface area contributed by atoms with Gasteiger partial charge in [0.15, 0.2) is 17.3 Å². The normalized spacial score (nSPS) is 17.1. The summed E-state index contributed by atoms with van der Waals surface area (Å²) in [6, 6.07) is 3.44. The van der Waals surface area contributed by atoms with Gasteiger partial charge in [-0.15, -0.1) is 0 Å². The van der Waals surface area contributed by atoms with Crippen molar-refractivity contribution in [2.75, 3.05) is 0 Å². The van der Waals surface area contributed by atoms with Crippen LogP contribution < -0.4 is 5.32 Å². The smallest absolute Gasteiger partial charge is 0.197 e. The molecule has 31 heavy (non-hydrogen) atoms. The number of hydrogen-bond donors (Lipinski definition) is 2. The van der Waals surface area contributed by atoms with Crippen LogP contribution in [-0.4, -0.2) is 22.9 Å². The van der Waals surface area contributed by atoms with Gasteiger partial charge < -0.3 is 9.73 Å². The van der Waals surface area contributed by atoms with Crippen molar-refractivity contribution in [1.29, 1.82) is 5.41 Å². The average molecular weight is 429 g/mol. The van der Waals surface area contributed by atoms with E-state index in [1.54, 1.807) is 12.1 Å². The second-order valence-electron chi connectivity index (χ2n) is 8.93. The number of carbonyl (C=O) groups excluding carboxylic acids is 2. The van der Waals surface area contributed by atoms with Gasteiger partial charge in [-0.2, -0.15) is 0 Å². The maximum Gasteiger partial charge on any atom is 0.197 e. The minimum Gasteiger partial charge on any atom is -0.461 e. The Balaban J connectivity index is 2.09. The molecule has 5 heteroatoms. The van der Waals surface area contributed by atoms with Crippen molar-refractivity contribution in [3.8, 4) is 0 Å². The number of unbranched alkanes of at least 4 members (excludes halogenated alkanes) is 2. The Hall–Kier alpha value is -2.17. The van der Waals surface area contributed by atoms with Gasteiger partial charge in [-0.1, -0.05) is 58.4 Å². The fourth-order valence-corrected chi connectivity index (χ4v) is 4.64. The molecular weight excluding hydrogens is 388 g/mol. The van der Waals surface area contributed by atoms with Gasteiger partial charge >= 0.3 is 0 Å². The monoisotopic (exact) mass is 428 g/mol. The zero-order chi connectivity index (χ0) is 22.7. The van der Waals surface area contributed by atoms with Gasteiger partial charge in [0.05, 0.1) is 11.8 Å². The Kier molecular flexibility index (Phi) is 10.2. The predicted octanol–water partition coefficient (Wildman–Crippen LogP) is 6.63. The molecule has 2 rings (SSSR count). The molecule has 1 aromatic heterocycles. The molecule has 0 bridgehead atoms. The van der Waals surface area contributed by atoms with Gasteiger partial charge in [-0.25, -0.2) is 0 Å². The number of nitrogens with one attached hydrogen (secondary N) is 2. The fourth-order valence-electron chi connectivity index (χ4n) is 4.64. The molecule has 0 spiro atoms. The van der Waals surface area contributed by atoms with E-state index in [1.807, 2.05) is 6.08 Å². The molecule has 0 saturated heterocycles. The van der Waals surface area contributed by atoms with Gasteiger partial charge in [0.2, 0.25) is 0 Å². The van der Waals surface area contributed by atoms with Crippen molar-refractivity contribution in [2.24, 2.45) is 5.92 Å². The molecule has 1 aliphatic rings. The molecule has 2 heterocycles. The topological polar surface area (TPSA) is 83.2 Å². The Morgan fingerprint density at radius 2 is 1.84 bits per heavy atom. The summed E-state index contributed by atoms with van der Waals surface area (Å²) in [5, 5.41) is 11.9. The predicted molar refractivity (Wildman–Crippen MR) is 126 cm³/mol. The van der Waals surface area contributed by atoms with Crippen LogP contribution in [0.1, 0.15) is 108 Å². The lowest BCUT2D eigenvalue weighted by Crippen LogP contribution is -2.53. The number of carbonyl (C=O) groups is 2. The molecule has 0 aromatic carbocycles. The molecule has 1 unspecified atom stereocenters. The molecule has 0 saturated carbocycles. The highest BCUT2D eigenvalue weighted by Gasteiger charge is 2.39. The van der Waals surface area contributed by atoms with Crippen LogP contribution in [0.15, 0.2) is 34.5 Å². The van der Waals surface area contributed by atoms with Gasteiger partial charge in [-0.3, -0.25) is 15.0 Å². The zero-order valence-electron chi connectivity index (χ0n) is 19.6. The number of ketones is 2. The van der Waals surface area contributed by atoms with Crippen molar-refractivity contribution in [1.82, 2.24) is 5.32 Å². The molecule has 5 nitrogen and oxygen atoms in total. The van der Waals surface area contributed by atoms with Crippen LogP contribution in [0, 0.1) is 11.3 Å². The van der Waals surface area contributed by atoms with Gasteiger partial charge in [0.1, 0.15) is 5.84 Å². The first-order valence-corrected chi connectivity index (χ1v) is 12.1. The zero-order valence-corrected chi connectivity index (χ0v) is 19.6. The van der Waals surface area contributed by atoms with E-state index in [2.05, 4.69) is 26.1 Å². The summed E-state index contributed by atoms with van der Waals surface area (Å²) in [5.74, 6) is 1.27. The molecular formula is C26H40N2O3. The van der Waals surface area contributed by atoms with E-state index >= 15 is 0 Å². The lowest BCUT2D eigenvalue weighted by atomic mass is 9.79. The number of allylic oxidation sites excluding steroid dienone is 1. The minimum absolute atomic E-state index is 0.0266. The quantitative estimate of drug-likeness (QED) is 0.326. The van der Waals surface area contributed by atoms with E-state index in [4.69, 9.17) is 9.83 Å². The maximum atomic E-state index is 13.5. The Labute approximate surface area is 187 Å². The Morgan fingerprint density at radius 3 is 2.42 bits per heavy atom. The molecule has 2 N–H and O–H groups in total. The third-order valence-electron chi connectivity index (χ3n) is 6.43. The van der Waals surface area contributed by atoms with Crippen LogP contribution in [0.25, 0.3) is 0 Å². The molecule has 0 amide bonds. The largest absolute Gasteiger partial charge is 0.461 e. The fraction of sp³-hybridized carbons (Fsp3) is 0.654. The summed E-state index contributed by atoms with van der Waals surface area (Å²) in [5.41, 5.74) is 0.456. The van der Waals surface area contributed by atoms with E-state index in [0.29, 0.717) is 24.4 Å². The Morgan fingerprint density at radius 1 is 1.13 bits per heavy atom. The van der Waals surface area contributed by atoms with Crippen molar-refractivity contribution in [3.05, 3.63) is 35.8 Å². The van der Waals surface area contributed by atoms with Crippen LogP contribution >= 0.6 is 0 Å². The second-order valence-corrected chi connectivity index (χ2v) is 8.93. The standard InChI is InChI=1S/C26H40N2O3/c1-4-7-15-26(16-8-5-2)24(30)18-21(19-25(27)28-26)20(11-6-3)12-9-13-22(29)23-14-10-17-31-23/h10,14,17,19-20H,4-9,11-13,15-16,18H2,1-3H3,(H2,27,28). The first-order chi connectivity index (χ1) is 15.0. The van der Waals surface area contributed by atoms with Gasteiger partial charge in [-0.05, 0) is 56.2 Å². The third kappa shape index (κ3) is 7.19. The first kappa shape index (κ1) is 25.1. The van der Waals surface area contributed by atoms with Crippen LogP contribution in [-0.2, 0) is 4.79 Å². The summed E-state index contributed by atoms with van der Waals surface area (Å²) < 4.78 is 5.21. The molecule has 1 aromatic rings. The maximum absolute atomic E-state index is 13.5. The van der Waals surface area contributed by atoms with E-state index in [-0.39, 0.29) is 17.5 Å². The van der Waals surface area contributed by atoms with Crippen molar-refractivity contribution >= 4 is 17.4 Å². The molecule has 0 fully saturated rings. The van der Waals surface area contributed by atoms with Crippen LogP contribution in [0.3, 0.4) is 0 Å². The van der Waals surface area contributed by atoms with E-state index in [1.165, 1.54) is 6.26 Å². The van der Waals surface area contributed by atoms with Crippen molar-refractivity contribution < 1.29 is 14.0 Å². The summed E-state index contributed by atoms with van der Waals surface area (Å²) in [6.07, 6.45) is 13.5. The summed E-state index contributed by atoms with van der Waals surface area (Å²) >= 11 is 0. The number of rotatable bonds is 14. The number of hydrogen-bond acceptors (Lipinski definition) is 4. The number of furan rings is 1. The number of Topliss-reactive ketones (excluding diaryl/α,β-unsaturated/α-hetero) is 2. The van der Waals surface area contributed by atoms with Gasteiger partial charge in [0, 0.05) is 12.8 Å². The summed E-state index contributed by atoms with van der Waals surface area (Å²) in [4.78, 5) is 25.7. The lowest BCUT2D eigenvalue weighted by molar-refractivity contribution is -0.125. The molecule has 1 atom stereocenters. The van der Waals surface area contributed by atoms with Crippen LogP contribution in [0.5, 0.6) is 0 Å². The van der Waals surface area contributed by atoms with E-state index < -0.39 is 5.54 Å². The van der Waals surface area contributed by atoms with Crippen molar-refractivity contribution in [2.45, 2.75) is 103 Å². The highest BCUT2D eigenvalue weighted by atomic mass is 16.3. The molecule has 172 valence electrons. The third-order valence-corrected chi connectivity index (χ3v) is 6.43. The minimum atomic E-state index is -0.604. The highest BCUT2D eigenvalue weighted by Crippen LogP contribution is 2.33. The van der Waals surface area contributed by atoms with Crippen LogP contribution in [0.2, 0.25) is 0 Å². The second kappa shape index (κ2) is 12.6. The molecule has 1 aliphatic heterocycles. The summed E-state index contributed by atoms with van der Waals surface area (Å²) in [7, 11) is 0. The van der Waals surface area contributed by atoms with E-state index in [0.717, 1.165) is 69.8 Å². The van der Waals surface area contributed by atoms with Crippen LogP contribution in [0.4, 0.5) is 0 Å². The molecule has 0 radical (unpaired) electrons. The lowest BCUT2D eigenvalue weighted by Gasteiger charge is -2.33. The molecule has 0 aliphatic carbocycles. The Bertz CT molecular complexity index is 741. The SMILES string of the molecule is CCCCC1(CCCC)NC(=N)C=C(C(CCC)CCCC(=O)c2ccco2)CC1=O. The van der Waals surface area contributed by atoms with Crippen molar-refractivity contribution in [3.63, 3.8) is 0 Å².